The fourth-order valence-corrected chi connectivity index (χ4v) is 7.53. The second-order valence-corrected chi connectivity index (χ2v) is 20.2. The molecule has 2 unspecified atom stereocenters. The van der Waals surface area contributed by atoms with E-state index >= 15 is 0 Å². The Labute approximate surface area is 406 Å². The maximum atomic E-state index is 14.6. The number of allylic oxidation sites excluding steroid dienone is 1. The van der Waals surface area contributed by atoms with Gasteiger partial charge in [0.15, 0.2) is 6.10 Å². The van der Waals surface area contributed by atoms with Crippen LogP contribution in [0.5, 0.6) is 0 Å². The number of aliphatic hydroxyl groups excluding tert-OH is 1. The van der Waals surface area contributed by atoms with Gasteiger partial charge in [-0.3, -0.25) is 24.0 Å². The molecule has 1 heterocycles. The Hall–Kier alpha value is -5.00. The molecule has 0 spiro atoms. The first kappa shape index (κ1) is 61.0. The minimum Gasteiger partial charge on any atom is -0.456 e. The number of cyclic esters (lactones) is 2. The first-order valence-corrected chi connectivity index (χ1v) is 24.3. The van der Waals surface area contributed by atoms with Gasteiger partial charge in [-0.2, -0.15) is 0 Å². The minimum absolute atomic E-state index is 0.0450. The molecule has 68 heavy (non-hydrogen) atoms. The molecule has 0 fully saturated rings. The number of likely N-dealkylation sites (N-methyl/N-ethyl adjacent to an activating group) is 3. The Balaban J connectivity index is 3.89. The van der Waals surface area contributed by atoms with Crippen LogP contribution in [0, 0.1) is 23.7 Å². The number of ether oxygens (including phenoxy) is 3. The zero-order chi connectivity index (χ0) is 52.4. The summed E-state index contributed by atoms with van der Waals surface area (Å²) in [6, 6.07) is -4.49. The summed E-state index contributed by atoms with van der Waals surface area (Å²) in [6.45, 7) is 24.2. The minimum atomic E-state index is -1.34. The molecule has 0 aromatic rings. The quantitative estimate of drug-likeness (QED) is 0.0871. The molecule has 1 rings (SSSR count). The molecule has 4 N–H and O–H groups in total. The number of unbranched alkanes of at least 4 members (excludes halogenated alkanes) is 1. The van der Waals surface area contributed by atoms with Crippen LogP contribution in [0.2, 0.25) is 0 Å². The molecular weight excluding hydrogens is 877 g/mol. The number of rotatable bonds is 12. The van der Waals surface area contributed by atoms with Crippen molar-refractivity contribution in [2.45, 2.75) is 190 Å². The summed E-state index contributed by atoms with van der Waals surface area (Å²) in [5.74, 6) is -6.40. The van der Waals surface area contributed by atoms with Gasteiger partial charge in [-0.05, 0) is 104 Å². The highest BCUT2D eigenvalue weighted by molar-refractivity contribution is 5.96. The van der Waals surface area contributed by atoms with Crippen molar-refractivity contribution < 1.29 is 57.7 Å². The summed E-state index contributed by atoms with van der Waals surface area (Å²) in [5, 5.41) is 19.7. The lowest BCUT2D eigenvalue weighted by Crippen LogP contribution is -2.58. The molecular formula is C50H86N6O12. The molecule has 0 saturated heterocycles. The van der Waals surface area contributed by atoms with Crippen LogP contribution in [0.15, 0.2) is 23.3 Å². The summed E-state index contributed by atoms with van der Waals surface area (Å²) in [7, 11) is 4.30. The molecule has 0 aromatic heterocycles. The van der Waals surface area contributed by atoms with Crippen molar-refractivity contribution in [3.63, 3.8) is 0 Å². The van der Waals surface area contributed by atoms with E-state index in [1.807, 2.05) is 33.8 Å². The monoisotopic (exact) mass is 963 g/mol. The number of amides is 6. The second kappa shape index (κ2) is 28.5. The molecule has 0 bridgehead atoms. The molecule has 0 saturated carbocycles. The molecule has 388 valence electrons. The van der Waals surface area contributed by atoms with E-state index in [2.05, 4.69) is 16.0 Å². The number of nitrogens with one attached hydrogen (secondary N) is 3. The average molecular weight is 963 g/mol. The third-order valence-corrected chi connectivity index (χ3v) is 12.2. The fraction of sp³-hybridized carbons (Fsp3) is 0.760. The highest BCUT2D eigenvalue weighted by atomic mass is 16.6. The van der Waals surface area contributed by atoms with Gasteiger partial charge in [0, 0.05) is 45.1 Å². The summed E-state index contributed by atoms with van der Waals surface area (Å²) < 4.78 is 17.2. The predicted octanol–water partition coefficient (Wildman–Crippen LogP) is 5.06. The van der Waals surface area contributed by atoms with Gasteiger partial charge >= 0.3 is 18.0 Å². The number of hydrogen-bond donors (Lipinski definition) is 4. The Bertz CT molecular complexity index is 1790. The molecule has 0 aliphatic carbocycles. The highest BCUT2D eigenvalue weighted by Crippen LogP contribution is 2.25. The van der Waals surface area contributed by atoms with Gasteiger partial charge in [0.1, 0.15) is 35.9 Å². The molecule has 1 aliphatic rings. The van der Waals surface area contributed by atoms with Crippen molar-refractivity contribution in [1.82, 2.24) is 30.7 Å². The van der Waals surface area contributed by atoms with Crippen LogP contribution < -0.4 is 16.0 Å². The van der Waals surface area contributed by atoms with Crippen LogP contribution in [0.1, 0.15) is 142 Å². The molecule has 18 heteroatoms. The molecule has 0 radical (unpaired) electrons. The molecule has 0 aromatic carbocycles. The molecule has 1 aliphatic heterocycles. The van der Waals surface area contributed by atoms with Gasteiger partial charge in [-0.25, -0.2) is 14.4 Å². The number of carbonyl (C=O) groups excluding carboxylic acids is 8. The van der Waals surface area contributed by atoms with E-state index in [9.17, 15) is 43.5 Å². The number of carbonyl (C=O) groups is 8. The van der Waals surface area contributed by atoms with Crippen molar-refractivity contribution >= 4 is 47.6 Å². The third-order valence-electron chi connectivity index (χ3n) is 12.2. The third kappa shape index (κ3) is 19.5. The molecule has 18 nitrogen and oxygen atoms in total. The standard InChI is InChI=1S/C50H86N6O12/c1-18-22-32(8)41-34(10)38(57)25-24-33(9)47(63)67-42(31(7)19-2)43(59)52-36(23-20-21-26-51-49(65)68-50(12,13)14)44(60)56(17)37(27-29(3)4)45(61)54(15)28-39(58)53-40(30(5)6)46(62)55(16)35(11)48(64)66-41/h22,24,29-31,34-38,40-42,57H,18-21,23,25-28H2,1-17H3,(H,51,65)(H,52,59)(H,53,58)/b32-22+,33-24+/t31-,34-,35-,36-,37+,38-,40?,41?,42+/m0/s1. The summed E-state index contributed by atoms with van der Waals surface area (Å²) in [4.78, 5) is 114. The molecule has 9 atom stereocenters. The van der Waals surface area contributed by atoms with E-state index in [-0.39, 0.29) is 37.3 Å². The highest BCUT2D eigenvalue weighted by Gasteiger charge is 2.39. The second-order valence-electron chi connectivity index (χ2n) is 20.2. The van der Waals surface area contributed by atoms with Gasteiger partial charge in [-0.1, -0.05) is 67.5 Å². The van der Waals surface area contributed by atoms with Gasteiger partial charge in [0.05, 0.1) is 12.6 Å². The van der Waals surface area contributed by atoms with Gasteiger partial charge in [0.25, 0.3) is 5.91 Å². The van der Waals surface area contributed by atoms with Crippen LogP contribution in [0.25, 0.3) is 0 Å². The number of nitrogens with zero attached hydrogens (tertiary/aromatic N) is 3. The first-order valence-electron chi connectivity index (χ1n) is 24.3. The van der Waals surface area contributed by atoms with E-state index in [1.54, 1.807) is 55.4 Å². The molecule has 6 amide bonds. The van der Waals surface area contributed by atoms with Crippen molar-refractivity contribution in [3.8, 4) is 0 Å². The van der Waals surface area contributed by atoms with E-state index in [1.165, 1.54) is 55.8 Å². The SMILES string of the molecule is CC/C=C(\C)C1OC(=O)[C@H](C)N(C)C(=O)C(C(C)C)NC(=O)CN(C)C(=O)[C@@H](CC(C)C)N(C)C(=O)[C@H](CCCCNC(=O)OC(C)(C)C)NC(=O)[C@@H]([C@@H](C)CC)OC(=O)/C(C)=C/C[C@H](O)[C@@H]1C. The zero-order valence-corrected chi connectivity index (χ0v) is 44.1. The van der Waals surface area contributed by atoms with Crippen molar-refractivity contribution in [3.05, 3.63) is 23.3 Å². The van der Waals surface area contributed by atoms with E-state index in [0.29, 0.717) is 31.3 Å². The van der Waals surface area contributed by atoms with Gasteiger partial charge < -0.3 is 50.0 Å². The van der Waals surface area contributed by atoms with E-state index in [0.717, 1.165) is 0 Å². The number of alkyl carbamates (subject to hydrolysis) is 1. The van der Waals surface area contributed by atoms with Crippen LogP contribution in [0.4, 0.5) is 4.79 Å². The Morgan fingerprint density at radius 3 is 2.09 bits per heavy atom. The average Bonchev–Trinajstić information content (AvgIpc) is 3.25. The zero-order valence-electron chi connectivity index (χ0n) is 44.1. The van der Waals surface area contributed by atoms with Crippen LogP contribution in [0.3, 0.4) is 0 Å². The van der Waals surface area contributed by atoms with Crippen molar-refractivity contribution in [1.29, 1.82) is 0 Å². The maximum Gasteiger partial charge on any atom is 0.407 e. The number of hydrogen-bond acceptors (Lipinski definition) is 12. The summed E-state index contributed by atoms with van der Waals surface area (Å²) in [6.07, 6.45) is 1.41. The summed E-state index contributed by atoms with van der Waals surface area (Å²) >= 11 is 0. The lowest BCUT2D eigenvalue weighted by molar-refractivity contribution is -0.160. The topological polar surface area (TPSA) is 230 Å². The largest absolute Gasteiger partial charge is 0.456 e. The van der Waals surface area contributed by atoms with E-state index < -0.39 is 120 Å². The smallest absolute Gasteiger partial charge is 0.407 e. The van der Waals surface area contributed by atoms with Crippen LogP contribution in [-0.2, 0) is 47.8 Å². The Kier molecular flexibility index (Phi) is 25.6. The normalized spacial score (nSPS) is 27.0. The van der Waals surface area contributed by atoms with Crippen LogP contribution in [-0.4, -0.2) is 150 Å². The lowest BCUT2D eigenvalue weighted by atomic mass is 9.90. The number of aliphatic hydroxyl groups is 1. The van der Waals surface area contributed by atoms with Crippen LogP contribution >= 0.6 is 0 Å². The number of esters is 2. The predicted molar refractivity (Wildman–Crippen MR) is 259 cm³/mol. The van der Waals surface area contributed by atoms with E-state index in [4.69, 9.17) is 14.2 Å². The Morgan fingerprint density at radius 2 is 1.54 bits per heavy atom. The maximum absolute atomic E-state index is 14.6. The Morgan fingerprint density at radius 1 is 0.926 bits per heavy atom. The fourth-order valence-electron chi connectivity index (χ4n) is 7.53. The first-order chi connectivity index (χ1) is 31.5. The summed E-state index contributed by atoms with van der Waals surface area (Å²) in [5.41, 5.74) is 0.0792. The van der Waals surface area contributed by atoms with Crippen molar-refractivity contribution in [2.24, 2.45) is 23.7 Å². The van der Waals surface area contributed by atoms with Gasteiger partial charge in [-0.15, -0.1) is 0 Å². The lowest BCUT2D eigenvalue weighted by Gasteiger charge is -2.35. The van der Waals surface area contributed by atoms with Gasteiger partial charge in [0.2, 0.25) is 23.6 Å². The van der Waals surface area contributed by atoms with Crippen molar-refractivity contribution in [2.75, 3.05) is 34.2 Å².